The first-order valence-electron chi connectivity index (χ1n) is 10.0. The van der Waals surface area contributed by atoms with Crippen LogP contribution in [0.1, 0.15) is 42.7 Å². The Kier molecular flexibility index (Phi) is 6.08. The van der Waals surface area contributed by atoms with Crippen LogP contribution in [0.5, 0.6) is 0 Å². The Hall–Kier alpha value is -2.76. The van der Waals surface area contributed by atoms with Crippen molar-refractivity contribution in [2.24, 2.45) is 5.73 Å². The van der Waals surface area contributed by atoms with E-state index in [0.29, 0.717) is 39.8 Å². The Labute approximate surface area is 190 Å². The minimum atomic E-state index is -0.781. The molecule has 1 aliphatic carbocycles. The van der Waals surface area contributed by atoms with E-state index in [0.717, 1.165) is 5.56 Å². The van der Waals surface area contributed by atoms with Gasteiger partial charge in [0.05, 0.1) is 12.5 Å². The lowest BCUT2D eigenvalue weighted by Gasteiger charge is -2.35. The molecule has 4 rings (SSSR count). The van der Waals surface area contributed by atoms with Gasteiger partial charge in [-0.2, -0.15) is 0 Å². The van der Waals surface area contributed by atoms with E-state index >= 15 is 0 Å². The fourth-order valence-corrected chi connectivity index (χ4v) is 4.74. The lowest BCUT2D eigenvalue weighted by Crippen LogP contribution is -2.33. The van der Waals surface area contributed by atoms with Gasteiger partial charge >= 0.3 is 5.97 Å². The van der Waals surface area contributed by atoms with Gasteiger partial charge in [-0.3, -0.25) is 4.79 Å². The lowest BCUT2D eigenvalue weighted by atomic mass is 9.73. The molecule has 0 fully saturated rings. The predicted molar refractivity (Wildman–Crippen MR) is 119 cm³/mol. The average Bonchev–Trinajstić information content (AvgIpc) is 2.73. The summed E-state index contributed by atoms with van der Waals surface area (Å²) in [6, 6.07) is 14.7. The molecule has 0 spiro atoms. The second kappa shape index (κ2) is 8.77. The van der Waals surface area contributed by atoms with Crippen molar-refractivity contribution in [1.82, 2.24) is 0 Å². The van der Waals surface area contributed by atoms with Gasteiger partial charge in [0.25, 0.3) is 0 Å². The van der Waals surface area contributed by atoms with Crippen molar-refractivity contribution in [3.05, 3.63) is 92.5 Å². The summed E-state index contributed by atoms with van der Waals surface area (Å²) in [6.45, 7) is 1.86. The van der Waals surface area contributed by atoms with Crippen molar-refractivity contribution < 1.29 is 19.1 Å². The number of halogens is 2. The van der Waals surface area contributed by atoms with Gasteiger partial charge in [0.1, 0.15) is 11.3 Å². The summed E-state index contributed by atoms with van der Waals surface area (Å²) in [5.74, 6) is -1.18. The van der Waals surface area contributed by atoms with E-state index in [1.54, 1.807) is 25.1 Å². The van der Waals surface area contributed by atoms with Gasteiger partial charge < -0.3 is 15.2 Å². The molecule has 0 saturated heterocycles. The topological polar surface area (TPSA) is 78.6 Å². The van der Waals surface area contributed by atoms with Gasteiger partial charge in [-0.05, 0) is 36.1 Å². The third kappa shape index (κ3) is 4.08. The molecule has 31 heavy (non-hydrogen) atoms. The third-order valence-corrected chi connectivity index (χ3v) is 6.14. The first-order chi connectivity index (χ1) is 14.9. The van der Waals surface area contributed by atoms with Crippen molar-refractivity contribution in [3.8, 4) is 0 Å². The number of ketones is 1. The van der Waals surface area contributed by atoms with Crippen LogP contribution in [0.2, 0.25) is 10.0 Å². The fourth-order valence-electron chi connectivity index (χ4n) is 4.22. The first-order valence-corrected chi connectivity index (χ1v) is 10.8. The smallest absolute Gasteiger partial charge is 0.340 e. The number of carbonyl (C=O) groups excluding carboxylic acids is 2. The van der Waals surface area contributed by atoms with Crippen LogP contribution in [0.4, 0.5) is 0 Å². The quantitative estimate of drug-likeness (QED) is 0.634. The Morgan fingerprint density at radius 2 is 1.90 bits per heavy atom. The molecule has 0 saturated carbocycles. The van der Waals surface area contributed by atoms with Crippen LogP contribution in [-0.4, -0.2) is 18.4 Å². The highest BCUT2D eigenvalue weighted by Crippen LogP contribution is 2.48. The molecular weight excluding hydrogens is 437 g/mol. The van der Waals surface area contributed by atoms with Crippen LogP contribution in [-0.2, 0) is 19.1 Å². The summed E-state index contributed by atoms with van der Waals surface area (Å²) in [5, 5.41) is 0.780. The van der Waals surface area contributed by atoms with E-state index in [9.17, 15) is 9.59 Å². The number of nitrogens with two attached hydrogens (primary N) is 1. The predicted octanol–water partition coefficient (Wildman–Crippen LogP) is 5.24. The van der Waals surface area contributed by atoms with E-state index in [4.69, 9.17) is 38.4 Å². The van der Waals surface area contributed by atoms with Gasteiger partial charge in [-0.25, -0.2) is 4.79 Å². The van der Waals surface area contributed by atoms with Gasteiger partial charge in [0, 0.05) is 28.5 Å². The molecule has 7 heteroatoms. The number of Topliss-reactive ketones (excluding diaryl/α,β-unsaturated/α-hetero) is 1. The van der Waals surface area contributed by atoms with Crippen molar-refractivity contribution in [3.63, 3.8) is 0 Å². The zero-order valence-corrected chi connectivity index (χ0v) is 18.4. The lowest BCUT2D eigenvalue weighted by molar-refractivity contribution is -0.139. The van der Waals surface area contributed by atoms with Crippen molar-refractivity contribution in [1.29, 1.82) is 0 Å². The standard InChI is InChI=1S/C24H21Cl2NO4/c1-2-30-24(29)22-20(16-9-8-15(25)12-17(16)26)21-18(28)10-14(11-19(21)31-23(22)27)13-6-4-3-5-7-13/h3-9,12,14,20H,2,10-11,27H2,1H3/t14-,20+/m0/s1. The van der Waals surface area contributed by atoms with Gasteiger partial charge in [-0.1, -0.05) is 59.6 Å². The monoisotopic (exact) mass is 457 g/mol. The van der Waals surface area contributed by atoms with Crippen LogP contribution in [0, 0.1) is 0 Å². The van der Waals surface area contributed by atoms with Crippen LogP contribution in [0.15, 0.2) is 71.3 Å². The highest BCUT2D eigenvalue weighted by atomic mass is 35.5. The molecule has 0 aromatic heterocycles. The second-order valence-electron chi connectivity index (χ2n) is 7.48. The number of hydrogen-bond acceptors (Lipinski definition) is 5. The minimum Gasteiger partial charge on any atom is -0.462 e. The summed E-state index contributed by atoms with van der Waals surface area (Å²) in [7, 11) is 0. The normalized spacial score (nSPS) is 20.9. The van der Waals surface area contributed by atoms with E-state index in [1.165, 1.54) is 0 Å². The molecule has 2 aliphatic rings. The van der Waals surface area contributed by atoms with Crippen molar-refractivity contribution in [2.45, 2.75) is 31.6 Å². The SMILES string of the molecule is CCOC(=O)C1=C(N)OC2=C(C(=O)C[C@H](c3ccccc3)C2)[C@H]1c1ccc(Cl)cc1Cl. The highest BCUT2D eigenvalue weighted by Gasteiger charge is 2.44. The van der Waals surface area contributed by atoms with Crippen molar-refractivity contribution >= 4 is 35.0 Å². The van der Waals surface area contributed by atoms with Crippen LogP contribution >= 0.6 is 23.2 Å². The zero-order valence-electron chi connectivity index (χ0n) is 16.9. The number of benzene rings is 2. The minimum absolute atomic E-state index is 0.0364. The summed E-state index contributed by atoms with van der Waals surface area (Å²) >= 11 is 12.6. The number of esters is 1. The molecule has 5 nitrogen and oxygen atoms in total. The summed E-state index contributed by atoms with van der Waals surface area (Å²) < 4.78 is 11.1. The number of ether oxygens (including phenoxy) is 2. The maximum Gasteiger partial charge on any atom is 0.340 e. The van der Waals surface area contributed by atoms with Crippen LogP contribution < -0.4 is 5.73 Å². The Morgan fingerprint density at radius 3 is 2.58 bits per heavy atom. The zero-order chi connectivity index (χ0) is 22.1. The highest BCUT2D eigenvalue weighted by molar-refractivity contribution is 6.35. The van der Waals surface area contributed by atoms with Crippen molar-refractivity contribution in [2.75, 3.05) is 6.61 Å². The molecule has 1 heterocycles. The molecule has 2 aromatic carbocycles. The van der Waals surface area contributed by atoms with Gasteiger partial charge in [0.2, 0.25) is 5.88 Å². The average molecular weight is 458 g/mol. The molecule has 0 amide bonds. The van der Waals surface area contributed by atoms with E-state index in [2.05, 4.69) is 0 Å². The molecular formula is C24H21Cl2NO4. The second-order valence-corrected chi connectivity index (χ2v) is 8.32. The van der Waals surface area contributed by atoms with Gasteiger partial charge in [-0.15, -0.1) is 0 Å². The largest absolute Gasteiger partial charge is 0.462 e. The molecule has 0 bridgehead atoms. The Bertz CT molecular complexity index is 1110. The molecule has 2 atom stereocenters. The Balaban J connectivity index is 1.84. The number of hydrogen-bond donors (Lipinski definition) is 1. The third-order valence-electron chi connectivity index (χ3n) is 5.58. The number of allylic oxidation sites excluding steroid dienone is 2. The van der Waals surface area contributed by atoms with Gasteiger partial charge in [0.15, 0.2) is 5.78 Å². The van der Waals surface area contributed by atoms with Crippen LogP contribution in [0.3, 0.4) is 0 Å². The number of rotatable bonds is 4. The fraction of sp³-hybridized carbons (Fsp3) is 0.250. The number of carbonyl (C=O) groups is 2. The van der Waals surface area contributed by atoms with E-state index < -0.39 is 11.9 Å². The molecule has 2 aromatic rings. The summed E-state index contributed by atoms with van der Waals surface area (Å²) in [4.78, 5) is 26.2. The van der Waals surface area contributed by atoms with Crippen LogP contribution in [0.25, 0.3) is 0 Å². The van der Waals surface area contributed by atoms with E-state index in [-0.39, 0.29) is 29.8 Å². The maximum atomic E-state index is 13.4. The first kappa shape index (κ1) is 21.5. The summed E-state index contributed by atoms with van der Waals surface area (Å²) in [5.41, 5.74) is 8.28. The molecule has 0 radical (unpaired) electrons. The Morgan fingerprint density at radius 1 is 1.16 bits per heavy atom. The molecule has 160 valence electrons. The molecule has 2 N–H and O–H groups in total. The molecule has 0 unspecified atom stereocenters. The van der Waals surface area contributed by atoms with E-state index in [1.807, 2.05) is 30.3 Å². The maximum absolute atomic E-state index is 13.4. The molecule has 1 aliphatic heterocycles. The summed E-state index contributed by atoms with van der Waals surface area (Å²) in [6.07, 6.45) is 0.785.